The van der Waals surface area contributed by atoms with Crippen LogP contribution in [0.4, 0.5) is 0 Å². The molecule has 4 heterocycles. The van der Waals surface area contributed by atoms with Gasteiger partial charge in [0.15, 0.2) is 0 Å². The maximum atomic E-state index is 12.6. The van der Waals surface area contributed by atoms with Gasteiger partial charge in [0, 0.05) is 44.3 Å². The summed E-state index contributed by atoms with van der Waals surface area (Å²) in [5, 5.41) is 3.21. The summed E-state index contributed by atoms with van der Waals surface area (Å²) < 4.78 is 1.85. The minimum atomic E-state index is -0.192. The molecule has 4 rings (SSSR count). The van der Waals surface area contributed by atoms with Crippen LogP contribution in [0.2, 0.25) is 0 Å². The number of pyridine rings is 1. The van der Waals surface area contributed by atoms with Gasteiger partial charge >= 0.3 is 0 Å². The fraction of sp³-hybridized carbons (Fsp3) is 0.421. The van der Waals surface area contributed by atoms with Crippen LogP contribution < -0.4 is 5.32 Å². The highest BCUT2D eigenvalue weighted by Crippen LogP contribution is 2.39. The Balaban J connectivity index is 1.44. The van der Waals surface area contributed by atoms with E-state index in [9.17, 15) is 9.59 Å². The summed E-state index contributed by atoms with van der Waals surface area (Å²) in [5.74, 6) is 0.00881. The van der Waals surface area contributed by atoms with Crippen LogP contribution in [0.25, 0.3) is 0 Å². The second-order valence-electron chi connectivity index (χ2n) is 7.11. The van der Waals surface area contributed by atoms with Gasteiger partial charge in [-0.25, -0.2) is 0 Å². The second kappa shape index (κ2) is 6.02. The smallest absolute Gasteiger partial charge is 0.270 e. The van der Waals surface area contributed by atoms with Gasteiger partial charge in [-0.2, -0.15) is 0 Å². The Kier molecular flexibility index (Phi) is 3.82. The molecule has 0 aliphatic carbocycles. The van der Waals surface area contributed by atoms with Crippen LogP contribution in [0.5, 0.6) is 0 Å². The molecular weight excluding hydrogens is 316 g/mol. The van der Waals surface area contributed by atoms with Crippen LogP contribution in [0.1, 0.15) is 41.2 Å². The van der Waals surface area contributed by atoms with Crippen molar-refractivity contribution in [3.8, 4) is 0 Å². The van der Waals surface area contributed by atoms with Gasteiger partial charge in [-0.3, -0.25) is 14.6 Å². The molecule has 25 heavy (non-hydrogen) atoms. The van der Waals surface area contributed by atoms with Crippen LogP contribution in [0.15, 0.2) is 42.9 Å². The van der Waals surface area contributed by atoms with Gasteiger partial charge < -0.3 is 14.8 Å². The number of carbonyl (C=O) groups excluding carboxylic acids is 2. The average molecular weight is 338 g/mol. The van der Waals surface area contributed by atoms with Crippen molar-refractivity contribution in [1.29, 1.82) is 0 Å². The lowest BCUT2D eigenvalue weighted by Crippen LogP contribution is -2.52. The van der Waals surface area contributed by atoms with Gasteiger partial charge in [0.25, 0.3) is 5.91 Å². The summed E-state index contributed by atoms with van der Waals surface area (Å²) >= 11 is 0. The number of amides is 2. The standard InChI is InChI=1S/C19H22N4O2/c1-22-9-3-5-16(22)18(25)23-10-6-19(7-11-23)12-15(17(24)21-19)14-4-2-8-20-13-14/h2-5,8-9,13,15H,6-7,10-12H2,1H3,(H,21,24)/t15-/m1/s1. The van der Waals surface area contributed by atoms with Crippen molar-refractivity contribution in [2.75, 3.05) is 13.1 Å². The van der Waals surface area contributed by atoms with E-state index in [2.05, 4.69) is 10.3 Å². The highest BCUT2D eigenvalue weighted by atomic mass is 16.2. The number of hydrogen-bond donors (Lipinski definition) is 1. The van der Waals surface area contributed by atoms with E-state index in [-0.39, 0.29) is 23.3 Å². The minimum Gasteiger partial charge on any atom is -0.350 e. The highest BCUT2D eigenvalue weighted by Gasteiger charge is 2.46. The van der Waals surface area contributed by atoms with Crippen molar-refractivity contribution in [1.82, 2.24) is 19.8 Å². The second-order valence-corrected chi connectivity index (χ2v) is 7.11. The number of nitrogens with zero attached hydrogens (tertiary/aromatic N) is 3. The molecule has 2 saturated heterocycles. The number of aryl methyl sites for hydroxylation is 1. The monoisotopic (exact) mass is 338 g/mol. The minimum absolute atomic E-state index is 0.0653. The lowest BCUT2D eigenvalue weighted by Gasteiger charge is -2.39. The zero-order chi connectivity index (χ0) is 17.4. The zero-order valence-electron chi connectivity index (χ0n) is 14.3. The Bertz CT molecular complexity index is 791. The summed E-state index contributed by atoms with van der Waals surface area (Å²) in [6.07, 6.45) is 7.76. The highest BCUT2D eigenvalue weighted by molar-refractivity contribution is 5.93. The third-order valence-electron chi connectivity index (χ3n) is 5.56. The molecular formula is C19H22N4O2. The molecule has 2 amide bonds. The fourth-order valence-electron chi connectivity index (χ4n) is 4.05. The van der Waals surface area contributed by atoms with Crippen LogP contribution in [0, 0.1) is 0 Å². The van der Waals surface area contributed by atoms with Crippen molar-refractivity contribution in [2.24, 2.45) is 7.05 Å². The molecule has 2 aliphatic rings. The maximum Gasteiger partial charge on any atom is 0.270 e. The molecule has 1 spiro atoms. The molecule has 2 fully saturated rings. The van der Waals surface area contributed by atoms with E-state index < -0.39 is 0 Å². The zero-order valence-corrected chi connectivity index (χ0v) is 14.3. The van der Waals surface area contributed by atoms with Crippen LogP contribution in [-0.4, -0.2) is 44.9 Å². The van der Waals surface area contributed by atoms with Gasteiger partial charge in [-0.15, -0.1) is 0 Å². The van der Waals surface area contributed by atoms with Crippen molar-refractivity contribution >= 4 is 11.8 Å². The predicted molar refractivity (Wildman–Crippen MR) is 93.0 cm³/mol. The molecule has 2 aromatic heterocycles. The number of nitrogens with one attached hydrogen (secondary N) is 1. The lowest BCUT2D eigenvalue weighted by atomic mass is 9.82. The van der Waals surface area contributed by atoms with E-state index >= 15 is 0 Å². The van der Waals surface area contributed by atoms with Gasteiger partial charge in [0.2, 0.25) is 5.91 Å². The first-order valence-corrected chi connectivity index (χ1v) is 8.71. The first kappa shape index (κ1) is 15.9. The van der Waals surface area contributed by atoms with Crippen LogP contribution in [0.3, 0.4) is 0 Å². The van der Waals surface area contributed by atoms with E-state index in [1.165, 1.54) is 0 Å². The summed E-state index contributed by atoms with van der Waals surface area (Å²) in [4.78, 5) is 31.1. The first-order chi connectivity index (χ1) is 12.1. The molecule has 0 aromatic carbocycles. The van der Waals surface area contributed by atoms with Crippen LogP contribution >= 0.6 is 0 Å². The molecule has 1 atom stereocenters. The number of aromatic nitrogens is 2. The summed E-state index contributed by atoms with van der Waals surface area (Å²) in [7, 11) is 1.88. The molecule has 130 valence electrons. The normalized spacial score (nSPS) is 22.2. The van der Waals surface area contributed by atoms with E-state index in [0.29, 0.717) is 18.8 Å². The molecule has 6 nitrogen and oxygen atoms in total. The molecule has 2 aliphatic heterocycles. The predicted octanol–water partition coefficient (Wildman–Crippen LogP) is 1.70. The topological polar surface area (TPSA) is 67.2 Å². The van der Waals surface area contributed by atoms with Crippen molar-refractivity contribution in [2.45, 2.75) is 30.7 Å². The first-order valence-electron chi connectivity index (χ1n) is 8.71. The van der Waals surface area contributed by atoms with E-state index in [1.54, 1.807) is 12.4 Å². The molecule has 1 N–H and O–H groups in total. The lowest BCUT2D eigenvalue weighted by molar-refractivity contribution is -0.121. The van der Waals surface area contributed by atoms with Crippen LogP contribution in [-0.2, 0) is 11.8 Å². The molecule has 2 aromatic rings. The summed E-state index contributed by atoms with van der Waals surface area (Å²) in [6.45, 7) is 1.34. The van der Waals surface area contributed by atoms with Crippen molar-refractivity contribution < 1.29 is 9.59 Å². The Morgan fingerprint density at radius 1 is 1.28 bits per heavy atom. The van der Waals surface area contributed by atoms with Gasteiger partial charge in [0.1, 0.15) is 5.69 Å². The Morgan fingerprint density at radius 2 is 2.08 bits per heavy atom. The molecule has 0 saturated carbocycles. The Hall–Kier alpha value is -2.63. The Morgan fingerprint density at radius 3 is 2.72 bits per heavy atom. The molecule has 0 bridgehead atoms. The van der Waals surface area contributed by atoms with Crippen molar-refractivity contribution in [3.05, 3.63) is 54.1 Å². The molecule has 0 unspecified atom stereocenters. The molecule has 0 radical (unpaired) electrons. The largest absolute Gasteiger partial charge is 0.350 e. The number of carbonyl (C=O) groups is 2. The number of likely N-dealkylation sites (tertiary alicyclic amines) is 1. The summed E-state index contributed by atoms with van der Waals surface area (Å²) in [6, 6.07) is 7.57. The number of hydrogen-bond acceptors (Lipinski definition) is 3. The molecule has 6 heteroatoms. The van der Waals surface area contributed by atoms with Gasteiger partial charge in [-0.1, -0.05) is 6.07 Å². The van der Waals surface area contributed by atoms with E-state index in [1.807, 2.05) is 47.0 Å². The third kappa shape index (κ3) is 2.81. The van der Waals surface area contributed by atoms with E-state index in [4.69, 9.17) is 0 Å². The maximum absolute atomic E-state index is 12.6. The third-order valence-corrected chi connectivity index (χ3v) is 5.56. The number of piperidine rings is 1. The van der Waals surface area contributed by atoms with Gasteiger partial charge in [0.05, 0.1) is 5.92 Å². The van der Waals surface area contributed by atoms with Gasteiger partial charge in [-0.05, 0) is 43.0 Å². The average Bonchev–Trinajstić information content (AvgIpc) is 3.19. The SMILES string of the molecule is Cn1cccc1C(=O)N1CCC2(CC1)C[C@H](c1cccnc1)C(=O)N2. The Labute approximate surface area is 146 Å². The quantitative estimate of drug-likeness (QED) is 0.906. The fourth-order valence-corrected chi connectivity index (χ4v) is 4.05. The number of rotatable bonds is 2. The summed E-state index contributed by atoms with van der Waals surface area (Å²) in [5.41, 5.74) is 1.49. The van der Waals surface area contributed by atoms with Crippen molar-refractivity contribution in [3.63, 3.8) is 0 Å². The van der Waals surface area contributed by atoms with E-state index in [0.717, 1.165) is 24.8 Å².